The second-order valence-corrected chi connectivity index (χ2v) is 5.59. The van der Waals surface area contributed by atoms with E-state index >= 15 is 0 Å². The highest BCUT2D eigenvalue weighted by molar-refractivity contribution is 5.96. The van der Waals surface area contributed by atoms with Crippen LogP contribution < -0.4 is 0 Å². The fourth-order valence-electron chi connectivity index (χ4n) is 2.84. The number of hydrogen-bond acceptors (Lipinski definition) is 3. The summed E-state index contributed by atoms with van der Waals surface area (Å²) in [4.78, 5) is 16.0. The zero-order chi connectivity index (χ0) is 14.6. The highest BCUT2D eigenvalue weighted by Gasteiger charge is 2.46. The summed E-state index contributed by atoms with van der Waals surface area (Å²) in [5, 5.41) is 4.14. The van der Waals surface area contributed by atoms with E-state index in [1.807, 2.05) is 30.3 Å². The van der Waals surface area contributed by atoms with E-state index in [1.54, 1.807) is 0 Å². The van der Waals surface area contributed by atoms with E-state index in [0.717, 1.165) is 5.56 Å². The normalized spacial score (nSPS) is 30.2. The predicted molar refractivity (Wildman–Crippen MR) is 70.4 cm³/mol. The molecule has 1 fully saturated rings. The van der Waals surface area contributed by atoms with Gasteiger partial charge in [-0.1, -0.05) is 30.3 Å². The summed E-state index contributed by atoms with van der Waals surface area (Å²) in [6.07, 6.45) is -1.85. The molecule has 1 aliphatic heterocycles. The van der Waals surface area contributed by atoms with E-state index in [-0.39, 0.29) is 30.5 Å². The molecule has 0 amide bonds. The molecule has 0 unspecified atom stereocenters. The first-order valence-electron chi connectivity index (χ1n) is 6.99. The molecule has 0 bridgehead atoms. The van der Waals surface area contributed by atoms with Crippen LogP contribution in [0.5, 0.6) is 0 Å². The van der Waals surface area contributed by atoms with Gasteiger partial charge in [0.1, 0.15) is 6.17 Å². The first kappa shape index (κ1) is 12.6. The zero-order valence-corrected chi connectivity index (χ0v) is 11.1. The maximum absolute atomic E-state index is 14.1. The number of aromatic nitrogens is 3. The maximum Gasteiger partial charge on any atom is 0.218 e. The lowest BCUT2D eigenvalue weighted by molar-refractivity contribution is 0.0946. The quantitative estimate of drug-likeness (QED) is 0.816. The molecule has 21 heavy (non-hydrogen) atoms. The lowest BCUT2D eigenvalue weighted by atomic mass is 10.0. The molecule has 4 nitrogen and oxygen atoms in total. The van der Waals surface area contributed by atoms with Gasteiger partial charge in [0.05, 0.1) is 12.0 Å². The number of carbonyl (C=O) groups is 1. The first-order chi connectivity index (χ1) is 10.1. The molecule has 2 aliphatic rings. The van der Waals surface area contributed by atoms with E-state index < -0.39 is 24.0 Å². The molecule has 4 rings (SSSR count). The summed E-state index contributed by atoms with van der Waals surface area (Å²) in [6.45, 7) is 0. The van der Waals surface area contributed by atoms with Gasteiger partial charge < -0.3 is 0 Å². The molecule has 2 heterocycles. The standard InChI is InChI=1S/C15H13F2N3O/c16-10-6-9(10)13(21)14-18-15-11(17)7-12(20(15)19-14)8-4-2-1-3-5-8/h1-5,9-12H,6-7H2/t9-,10+,11-,12-/m0/s1. The summed E-state index contributed by atoms with van der Waals surface area (Å²) < 4.78 is 28.6. The molecule has 1 aromatic heterocycles. The lowest BCUT2D eigenvalue weighted by Gasteiger charge is -2.11. The number of Topliss-reactive ketones (excluding diaryl/α,β-unsaturated/α-hetero) is 1. The van der Waals surface area contributed by atoms with Crippen LogP contribution in [0.2, 0.25) is 0 Å². The van der Waals surface area contributed by atoms with Crippen molar-refractivity contribution >= 4 is 5.78 Å². The van der Waals surface area contributed by atoms with Crippen molar-refractivity contribution in [3.63, 3.8) is 0 Å². The second-order valence-electron chi connectivity index (χ2n) is 5.59. The molecule has 1 aromatic carbocycles. The first-order valence-corrected chi connectivity index (χ1v) is 6.99. The van der Waals surface area contributed by atoms with Crippen LogP contribution >= 0.6 is 0 Å². The number of halogens is 2. The molecule has 1 saturated carbocycles. The SMILES string of the molecule is O=C(c1nc2n(n1)[C@H](c1ccccc1)C[C@@H]2F)[C@H]1C[C@H]1F. The van der Waals surface area contributed by atoms with Crippen molar-refractivity contribution in [2.24, 2.45) is 5.92 Å². The number of alkyl halides is 2. The predicted octanol–water partition coefficient (Wildman–Crippen LogP) is 2.82. The third-order valence-electron chi connectivity index (χ3n) is 4.12. The van der Waals surface area contributed by atoms with Crippen LogP contribution in [0.4, 0.5) is 8.78 Å². The van der Waals surface area contributed by atoms with Crippen molar-refractivity contribution in [1.29, 1.82) is 0 Å². The molecule has 0 N–H and O–H groups in total. The molecular weight excluding hydrogens is 276 g/mol. The number of rotatable bonds is 3. The zero-order valence-electron chi connectivity index (χ0n) is 11.1. The van der Waals surface area contributed by atoms with Crippen molar-refractivity contribution in [3.05, 3.63) is 47.5 Å². The average Bonchev–Trinajstić information content (AvgIpc) is 2.95. The van der Waals surface area contributed by atoms with E-state index in [4.69, 9.17) is 0 Å². The number of hydrogen-bond donors (Lipinski definition) is 0. The van der Waals surface area contributed by atoms with E-state index in [9.17, 15) is 13.6 Å². The molecule has 6 heteroatoms. The van der Waals surface area contributed by atoms with Gasteiger partial charge >= 0.3 is 0 Å². The average molecular weight is 289 g/mol. The Morgan fingerprint density at radius 2 is 1.90 bits per heavy atom. The van der Waals surface area contributed by atoms with Crippen LogP contribution in [-0.4, -0.2) is 26.7 Å². The molecule has 108 valence electrons. The fraction of sp³-hybridized carbons (Fsp3) is 0.400. The molecule has 0 saturated heterocycles. The number of benzene rings is 1. The number of nitrogens with zero attached hydrogens (tertiary/aromatic N) is 3. The minimum Gasteiger partial charge on any atom is -0.290 e. The van der Waals surface area contributed by atoms with Gasteiger partial charge in [-0.3, -0.25) is 4.79 Å². The van der Waals surface area contributed by atoms with Crippen molar-refractivity contribution in [3.8, 4) is 0 Å². The van der Waals surface area contributed by atoms with Gasteiger partial charge in [-0.2, -0.15) is 0 Å². The minimum atomic E-state index is -1.25. The van der Waals surface area contributed by atoms with Gasteiger partial charge in [0, 0.05) is 6.42 Å². The van der Waals surface area contributed by atoms with Gasteiger partial charge in [-0.05, 0) is 12.0 Å². The Bertz CT molecular complexity index is 700. The van der Waals surface area contributed by atoms with E-state index in [2.05, 4.69) is 10.1 Å². The molecule has 0 spiro atoms. The van der Waals surface area contributed by atoms with E-state index in [0.29, 0.717) is 0 Å². The fourth-order valence-corrected chi connectivity index (χ4v) is 2.84. The summed E-state index contributed by atoms with van der Waals surface area (Å²) in [5.41, 5.74) is 0.928. The lowest BCUT2D eigenvalue weighted by Crippen LogP contribution is -2.11. The van der Waals surface area contributed by atoms with Crippen LogP contribution in [-0.2, 0) is 0 Å². The van der Waals surface area contributed by atoms with Crippen molar-refractivity contribution in [2.45, 2.75) is 31.2 Å². The Balaban J connectivity index is 1.69. The Morgan fingerprint density at radius 1 is 1.19 bits per heavy atom. The second kappa shape index (κ2) is 4.44. The van der Waals surface area contributed by atoms with Crippen molar-refractivity contribution < 1.29 is 13.6 Å². The van der Waals surface area contributed by atoms with Crippen LogP contribution in [0, 0.1) is 5.92 Å². The van der Waals surface area contributed by atoms with Crippen LogP contribution in [0.3, 0.4) is 0 Å². The summed E-state index contributed by atoms with van der Waals surface area (Å²) in [7, 11) is 0. The van der Waals surface area contributed by atoms with Gasteiger partial charge in [0.2, 0.25) is 11.6 Å². The Labute approximate surface area is 119 Å². The highest BCUT2D eigenvalue weighted by atomic mass is 19.1. The van der Waals surface area contributed by atoms with Gasteiger partial charge in [0.15, 0.2) is 12.0 Å². The van der Waals surface area contributed by atoms with Crippen molar-refractivity contribution in [1.82, 2.24) is 14.8 Å². The number of ketones is 1. The number of carbonyl (C=O) groups excluding carboxylic acids is 1. The Kier molecular flexibility index (Phi) is 2.67. The molecular formula is C15H13F2N3O. The number of fused-ring (bicyclic) bond motifs is 1. The summed E-state index contributed by atoms with van der Waals surface area (Å²) >= 11 is 0. The Morgan fingerprint density at radius 3 is 2.57 bits per heavy atom. The minimum absolute atomic E-state index is 0.0570. The molecule has 1 aliphatic carbocycles. The van der Waals surface area contributed by atoms with Crippen LogP contribution in [0.25, 0.3) is 0 Å². The molecule has 4 atom stereocenters. The topological polar surface area (TPSA) is 47.8 Å². The third kappa shape index (κ3) is 1.97. The van der Waals surface area contributed by atoms with Gasteiger partial charge in [-0.15, -0.1) is 5.10 Å². The smallest absolute Gasteiger partial charge is 0.218 e. The monoisotopic (exact) mass is 289 g/mol. The van der Waals surface area contributed by atoms with Crippen LogP contribution in [0.1, 0.15) is 47.1 Å². The summed E-state index contributed by atoms with van der Waals surface area (Å²) in [6, 6.07) is 9.17. The van der Waals surface area contributed by atoms with E-state index in [1.165, 1.54) is 4.68 Å². The summed E-state index contributed by atoms with van der Waals surface area (Å²) in [5.74, 6) is -0.938. The highest BCUT2D eigenvalue weighted by Crippen LogP contribution is 2.41. The largest absolute Gasteiger partial charge is 0.290 e. The Hall–Kier alpha value is -2.11. The van der Waals surface area contributed by atoms with Gasteiger partial charge in [-0.25, -0.2) is 18.4 Å². The molecule has 0 radical (unpaired) electrons. The third-order valence-corrected chi connectivity index (χ3v) is 4.12. The van der Waals surface area contributed by atoms with Gasteiger partial charge in [0.25, 0.3) is 0 Å². The molecule has 2 aromatic rings. The van der Waals surface area contributed by atoms with Crippen LogP contribution in [0.15, 0.2) is 30.3 Å². The maximum atomic E-state index is 14.1. The van der Waals surface area contributed by atoms with Crippen molar-refractivity contribution in [2.75, 3.05) is 0 Å².